The molecule has 1 aliphatic heterocycles. The molecule has 1 saturated heterocycles. The SMILES string of the molecule is CC(=O)OC[C@]1(N)C[C@@H](C(=O)N2CC(CC(F)(F)c3ccc(Cl)c(C(F)(F)F)c3)C2)C1. The normalized spacial score (nSPS) is 24.4. The van der Waals surface area contributed by atoms with E-state index in [1.165, 1.54) is 11.8 Å². The van der Waals surface area contributed by atoms with E-state index < -0.39 is 52.1 Å². The van der Waals surface area contributed by atoms with Gasteiger partial charge in [0.05, 0.1) is 16.1 Å². The standard InChI is InChI=1S/C20H22ClF5N2O3/c1-11(29)31-10-18(27)6-13(7-18)17(30)28-8-12(9-28)5-19(22,23)14-2-3-16(21)15(4-14)20(24,25)26/h2-4,12-13H,5-10,27H2,1H3/t13-,18+. The molecule has 0 bridgehead atoms. The molecule has 1 aromatic rings. The number of halogens is 6. The maximum absolute atomic E-state index is 14.6. The predicted molar refractivity (Wildman–Crippen MR) is 101 cm³/mol. The zero-order valence-corrected chi connectivity index (χ0v) is 17.4. The van der Waals surface area contributed by atoms with Crippen LogP contribution in [0.5, 0.6) is 0 Å². The van der Waals surface area contributed by atoms with Crippen LogP contribution in [0.1, 0.15) is 37.3 Å². The van der Waals surface area contributed by atoms with Gasteiger partial charge in [0.2, 0.25) is 5.91 Å². The summed E-state index contributed by atoms with van der Waals surface area (Å²) >= 11 is 5.49. The van der Waals surface area contributed by atoms with Crippen molar-refractivity contribution in [1.82, 2.24) is 4.90 Å². The van der Waals surface area contributed by atoms with Crippen LogP contribution < -0.4 is 5.73 Å². The van der Waals surface area contributed by atoms with Crippen LogP contribution in [-0.4, -0.2) is 42.0 Å². The highest BCUT2D eigenvalue weighted by Gasteiger charge is 2.49. The third-order valence-electron chi connectivity index (χ3n) is 5.73. The number of nitrogens with zero attached hydrogens (tertiary/aromatic N) is 1. The number of hydrogen-bond donors (Lipinski definition) is 1. The number of amides is 1. The zero-order valence-electron chi connectivity index (χ0n) is 16.6. The molecule has 1 amide bonds. The Labute approximate surface area is 180 Å². The van der Waals surface area contributed by atoms with Crippen LogP contribution in [0.15, 0.2) is 18.2 Å². The van der Waals surface area contributed by atoms with Gasteiger partial charge in [-0.05, 0) is 25.0 Å². The molecule has 2 N–H and O–H groups in total. The Morgan fingerprint density at radius 1 is 1.23 bits per heavy atom. The van der Waals surface area contributed by atoms with Crippen molar-refractivity contribution in [2.75, 3.05) is 19.7 Å². The highest BCUT2D eigenvalue weighted by atomic mass is 35.5. The van der Waals surface area contributed by atoms with Crippen LogP contribution in [0.25, 0.3) is 0 Å². The highest BCUT2D eigenvalue weighted by molar-refractivity contribution is 6.31. The third kappa shape index (κ3) is 5.28. The number of benzene rings is 1. The Morgan fingerprint density at radius 3 is 2.39 bits per heavy atom. The van der Waals surface area contributed by atoms with Crippen molar-refractivity contribution in [3.63, 3.8) is 0 Å². The molecule has 31 heavy (non-hydrogen) atoms. The Bertz CT molecular complexity index is 865. The fraction of sp³-hybridized carbons (Fsp3) is 0.600. The van der Waals surface area contributed by atoms with Crippen molar-refractivity contribution >= 4 is 23.5 Å². The van der Waals surface area contributed by atoms with Crippen molar-refractivity contribution in [1.29, 1.82) is 0 Å². The summed E-state index contributed by atoms with van der Waals surface area (Å²) in [5.74, 6) is -5.04. The van der Waals surface area contributed by atoms with Crippen molar-refractivity contribution in [3.05, 3.63) is 34.3 Å². The van der Waals surface area contributed by atoms with Gasteiger partial charge in [-0.2, -0.15) is 13.2 Å². The van der Waals surface area contributed by atoms with E-state index in [1.54, 1.807) is 0 Å². The summed E-state index contributed by atoms with van der Waals surface area (Å²) in [6.07, 6.45) is -4.84. The number of carbonyl (C=O) groups is 2. The molecule has 0 unspecified atom stereocenters. The smallest absolute Gasteiger partial charge is 0.417 e. The third-order valence-corrected chi connectivity index (χ3v) is 6.06. The van der Waals surface area contributed by atoms with Gasteiger partial charge in [-0.3, -0.25) is 9.59 Å². The number of carbonyl (C=O) groups excluding carboxylic acids is 2. The molecule has 11 heteroatoms. The number of likely N-dealkylation sites (tertiary alicyclic amines) is 1. The molecule has 0 atom stereocenters. The number of alkyl halides is 5. The van der Waals surface area contributed by atoms with Crippen LogP contribution in [0.3, 0.4) is 0 Å². The van der Waals surface area contributed by atoms with E-state index in [1.807, 2.05) is 0 Å². The van der Waals surface area contributed by atoms with E-state index in [0.29, 0.717) is 18.9 Å². The number of nitrogens with two attached hydrogens (primary N) is 1. The van der Waals surface area contributed by atoms with E-state index in [-0.39, 0.29) is 31.5 Å². The van der Waals surface area contributed by atoms with Gasteiger partial charge in [-0.15, -0.1) is 0 Å². The van der Waals surface area contributed by atoms with Gasteiger partial charge < -0.3 is 15.4 Å². The summed E-state index contributed by atoms with van der Waals surface area (Å²) in [4.78, 5) is 24.8. The molecule has 1 aromatic carbocycles. The Kier molecular flexibility index (Phi) is 6.27. The maximum Gasteiger partial charge on any atom is 0.417 e. The van der Waals surface area contributed by atoms with Gasteiger partial charge in [0, 0.05) is 43.8 Å². The molecule has 2 fully saturated rings. The minimum atomic E-state index is -4.83. The summed E-state index contributed by atoms with van der Waals surface area (Å²) in [7, 11) is 0. The predicted octanol–water partition coefficient (Wildman–Crippen LogP) is 3.97. The molecule has 0 spiro atoms. The van der Waals surface area contributed by atoms with Crippen molar-refractivity contribution in [3.8, 4) is 0 Å². The number of esters is 1. The molecule has 1 saturated carbocycles. The highest BCUT2D eigenvalue weighted by Crippen LogP contribution is 2.43. The molecule has 1 heterocycles. The number of hydrogen-bond acceptors (Lipinski definition) is 4. The molecule has 1 aliphatic carbocycles. The molecular weight excluding hydrogens is 447 g/mol. The Morgan fingerprint density at radius 2 is 1.84 bits per heavy atom. The summed E-state index contributed by atoms with van der Waals surface area (Å²) < 4.78 is 72.9. The molecule has 3 rings (SSSR count). The first-order valence-electron chi connectivity index (χ1n) is 9.66. The van der Waals surface area contributed by atoms with Gasteiger partial charge in [-0.1, -0.05) is 17.7 Å². The quantitative estimate of drug-likeness (QED) is 0.506. The van der Waals surface area contributed by atoms with E-state index in [9.17, 15) is 31.5 Å². The van der Waals surface area contributed by atoms with Crippen LogP contribution >= 0.6 is 11.6 Å². The summed E-state index contributed by atoms with van der Waals surface area (Å²) in [6.45, 7) is 1.48. The lowest BCUT2D eigenvalue weighted by Crippen LogP contribution is -2.62. The van der Waals surface area contributed by atoms with E-state index in [4.69, 9.17) is 22.1 Å². The first kappa shape index (κ1) is 23.7. The zero-order chi connectivity index (χ0) is 23.2. The summed E-state index contributed by atoms with van der Waals surface area (Å²) in [5, 5.41) is -0.641. The minimum Gasteiger partial charge on any atom is -0.464 e. The monoisotopic (exact) mass is 468 g/mol. The van der Waals surface area contributed by atoms with E-state index in [0.717, 1.165) is 12.1 Å². The second-order valence-corrected chi connectivity index (χ2v) is 8.87. The lowest BCUT2D eigenvalue weighted by Gasteiger charge is -2.48. The van der Waals surface area contributed by atoms with Crippen molar-refractivity contribution < 1.29 is 36.3 Å². The average molecular weight is 469 g/mol. The van der Waals surface area contributed by atoms with Gasteiger partial charge in [0.15, 0.2) is 0 Å². The summed E-state index contributed by atoms with van der Waals surface area (Å²) in [6, 6.07) is 2.08. The maximum atomic E-state index is 14.6. The van der Waals surface area contributed by atoms with E-state index in [2.05, 4.69) is 0 Å². The van der Waals surface area contributed by atoms with Crippen LogP contribution in [0.2, 0.25) is 5.02 Å². The Balaban J connectivity index is 1.52. The van der Waals surface area contributed by atoms with Gasteiger partial charge in [-0.25, -0.2) is 8.78 Å². The van der Waals surface area contributed by atoms with Gasteiger partial charge in [0.25, 0.3) is 5.92 Å². The second-order valence-electron chi connectivity index (χ2n) is 8.46. The largest absolute Gasteiger partial charge is 0.464 e. The first-order chi connectivity index (χ1) is 14.2. The van der Waals surface area contributed by atoms with Crippen molar-refractivity contribution in [2.45, 2.75) is 43.8 Å². The minimum absolute atomic E-state index is 0.0158. The fourth-order valence-electron chi connectivity index (χ4n) is 4.05. The lowest BCUT2D eigenvalue weighted by atomic mass is 9.68. The summed E-state index contributed by atoms with van der Waals surface area (Å²) in [5.41, 5.74) is 3.21. The van der Waals surface area contributed by atoms with Crippen molar-refractivity contribution in [2.24, 2.45) is 17.6 Å². The second kappa shape index (κ2) is 8.20. The van der Waals surface area contributed by atoms with Crippen LogP contribution in [0, 0.1) is 11.8 Å². The number of ether oxygens (including phenoxy) is 1. The molecular formula is C20H22ClF5N2O3. The molecule has 172 valence electrons. The van der Waals surface area contributed by atoms with Gasteiger partial charge >= 0.3 is 12.1 Å². The van der Waals surface area contributed by atoms with Crippen LogP contribution in [-0.2, 0) is 26.4 Å². The number of rotatable bonds is 6. The Hall–Kier alpha value is -1.94. The van der Waals surface area contributed by atoms with E-state index >= 15 is 0 Å². The molecule has 0 radical (unpaired) electrons. The molecule has 0 aromatic heterocycles. The average Bonchev–Trinajstić information content (AvgIpc) is 2.59. The topological polar surface area (TPSA) is 72.6 Å². The molecule has 5 nitrogen and oxygen atoms in total. The fourth-order valence-corrected chi connectivity index (χ4v) is 4.27. The van der Waals surface area contributed by atoms with Gasteiger partial charge in [0.1, 0.15) is 6.61 Å². The molecule has 2 aliphatic rings. The van der Waals surface area contributed by atoms with Crippen LogP contribution in [0.4, 0.5) is 22.0 Å². The lowest BCUT2D eigenvalue weighted by molar-refractivity contribution is -0.154. The first-order valence-corrected chi connectivity index (χ1v) is 10.0.